The fourth-order valence-electron chi connectivity index (χ4n) is 4.50. The molecule has 1 aliphatic rings. The number of carbonyl (C=O) groups excluding carboxylic acids is 1. The number of benzene rings is 2. The summed E-state index contributed by atoms with van der Waals surface area (Å²) in [6, 6.07) is 12.9. The maximum atomic E-state index is 13.7. The van der Waals surface area contributed by atoms with Gasteiger partial charge < -0.3 is 9.64 Å². The monoisotopic (exact) mass is 619 g/mol. The van der Waals surface area contributed by atoms with Gasteiger partial charge in [0, 0.05) is 49.4 Å². The molecule has 1 heterocycles. The van der Waals surface area contributed by atoms with Gasteiger partial charge in [0.05, 0.1) is 23.8 Å². The predicted octanol–water partition coefficient (Wildman–Crippen LogP) is 3.86. The number of amides is 1. The molecule has 0 unspecified atom stereocenters. The summed E-state index contributed by atoms with van der Waals surface area (Å²) in [5.74, 6) is -0.415. The Morgan fingerprint density at radius 2 is 1.54 bits per heavy atom. The van der Waals surface area contributed by atoms with Crippen LogP contribution in [0.3, 0.4) is 0 Å². The van der Waals surface area contributed by atoms with Crippen LogP contribution in [0, 0.1) is 0 Å². The highest BCUT2D eigenvalue weighted by Gasteiger charge is 2.35. The minimum Gasteiger partial charge on any atom is -0.383 e. The molecule has 1 fully saturated rings. The second-order valence-corrected chi connectivity index (χ2v) is 14.3. The lowest BCUT2D eigenvalue weighted by Crippen LogP contribution is -2.51. The number of halogens is 2. The second kappa shape index (κ2) is 14.2. The van der Waals surface area contributed by atoms with E-state index in [1.807, 2.05) is 12.1 Å². The predicted molar refractivity (Wildman–Crippen MR) is 153 cm³/mol. The lowest BCUT2D eigenvalue weighted by molar-refractivity contribution is -0.135. The Labute approximate surface area is 241 Å². The first-order chi connectivity index (χ1) is 18.5. The molecular formula is C26H35Cl2N3O6S2. The van der Waals surface area contributed by atoms with E-state index in [-0.39, 0.29) is 61.9 Å². The van der Waals surface area contributed by atoms with Gasteiger partial charge in [-0.05, 0) is 61.2 Å². The molecule has 39 heavy (non-hydrogen) atoms. The van der Waals surface area contributed by atoms with Crippen molar-refractivity contribution in [2.75, 3.05) is 45.6 Å². The largest absolute Gasteiger partial charge is 0.383 e. The number of ether oxygens (including phenoxy) is 1. The van der Waals surface area contributed by atoms with Gasteiger partial charge in [-0.3, -0.25) is 4.79 Å². The molecule has 0 N–H and O–H groups in total. The van der Waals surface area contributed by atoms with E-state index >= 15 is 0 Å². The SMILES string of the molecule is CCCS(=O)(=O)N(CCOC)CC(=O)N(Cc1ccc(Cl)cc1)C1CCN(S(=O)(=O)c2ccc(Cl)cc2)CC1. The lowest BCUT2D eigenvalue weighted by atomic mass is 10.0. The molecule has 0 aliphatic carbocycles. The van der Waals surface area contributed by atoms with Crippen molar-refractivity contribution in [3.05, 3.63) is 64.1 Å². The molecule has 0 spiro atoms. The molecule has 0 atom stereocenters. The van der Waals surface area contributed by atoms with Crippen LogP contribution in [-0.4, -0.2) is 87.9 Å². The number of methoxy groups -OCH3 is 1. The Bertz CT molecular complexity index is 1300. The van der Waals surface area contributed by atoms with E-state index in [9.17, 15) is 21.6 Å². The van der Waals surface area contributed by atoms with Crippen LogP contribution < -0.4 is 0 Å². The summed E-state index contributed by atoms with van der Waals surface area (Å²) in [7, 11) is -5.89. The highest BCUT2D eigenvalue weighted by atomic mass is 35.5. The first-order valence-corrected chi connectivity index (χ1v) is 16.5. The maximum absolute atomic E-state index is 13.7. The van der Waals surface area contributed by atoms with Crippen molar-refractivity contribution in [1.82, 2.24) is 13.5 Å². The molecule has 1 amide bonds. The van der Waals surface area contributed by atoms with Crippen LogP contribution in [0.25, 0.3) is 0 Å². The zero-order chi connectivity index (χ0) is 28.6. The van der Waals surface area contributed by atoms with Gasteiger partial charge in [-0.15, -0.1) is 0 Å². The van der Waals surface area contributed by atoms with Crippen LogP contribution in [0.2, 0.25) is 10.0 Å². The van der Waals surface area contributed by atoms with Gasteiger partial charge in [0.2, 0.25) is 26.0 Å². The number of hydrogen-bond donors (Lipinski definition) is 0. The van der Waals surface area contributed by atoms with Gasteiger partial charge in [0.25, 0.3) is 0 Å². The van der Waals surface area contributed by atoms with Crippen LogP contribution in [0.1, 0.15) is 31.7 Å². The third kappa shape index (κ3) is 8.63. The normalized spacial score (nSPS) is 15.5. The van der Waals surface area contributed by atoms with E-state index in [0.717, 1.165) is 5.56 Å². The Kier molecular flexibility index (Phi) is 11.6. The van der Waals surface area contributed by atoms with Gasteiger partial charge in [0.15, 0.2) is 0 Å². The van der Waals surface area contributed by atoms with Crippen molar-refractivity contribution >= 4 is 49.2 Å². The molecule has 2 aromatic carbocycles. The summed E-state index contributed by atoms with van der Waals surface area (Å²) in [4.78, 5) is 15.5. The van der Waals surface area contributed by atoms with E-state index in [1.165, 1.54) is 40.0 Å². The molecule has 0 bridgehead atoms. The third-order valence-electron chi connectivity index (χ3n) is 6.61. The fourth-order valence-corrected chi connectivity index (χ4v) is 7.65. The number of rotatable bonds is 13. The molecule has 1 saturated heterocycles. The van der Waals surface area contributed by atoms with E-state index in [1.54, 1.807) is 24.0 Å². The Hall–Kier alpha value is -1.73. The number of hydrogen-bond acceptors (Lipinski definition) is 6. The van der Waals surface area contributed by atoms with E-state index in [4.69, 9.17) is 27.9 Å². The summed E-state index contributed by atoms with van der Waals surface area (Å²) in [5.41, 5.74) is 0.837. The molecule has 0 saturated carbocycles. The topological polar surface area (TPSA) is 104 Å². The van der Waals surface area contributed by atoms with Crippen molar-refractivity contribution < 1.29 is 26.4 Å². The zero-order valence-corrected chi connectivity index (χ0v) is 25.3. The quantitative estimate of drug-likeness (QED) is 0.337. The van der Waals surface area contributed by atoms with E-state index in [0.29, 0.717) is 29.3 Å². The number of piperidine rings is 1. The Morgan fingerprint density at radius 3 is 2.08 bits per heavy atom. The molecule has 3 rings (SSSR count). The molecule has 0 aromatic heterocycles. The number of carbonyl (C=O) groups is 1. The molecule has 13 heteroatoms. The minimum atomic E-state index is -3.71. The smallest absolute Gasteiger partial charge is 0.243 e. The van der Waals surface area contributed by atoms with Gasteiger partial charge in [-0.1, -0.05) is 42.3 Å². The third-order valence-corrected chi connectivity index (χ3v) is 11.1. The Balaban J connectivity index is 1.81. The average molecular weight is 621 g/mol. The summed E-state index contributed by atoms with van der Waals surface area (Å²) in [5, 5.41) is 1.01. The number of sulfonamides is 2. The molecule has 2 aromatic rings. The van der Waals surface area contributed by atoms with Crippen molar-refractivity contribution in [3.63, 3.8) is 0 Å². The van der Waals surface area contributed by atoms with Crippen molar-refractivity contribution in [1.29, 1.82) is 0 Å². The second-order valence-electron chi connectivity index (χ2n) is 9.38. The molecule has 1 aliphatic heterocycles. The van der Waals surface area contributed by atoms with Crippen LogP contribution in [0.15, 0.2) is 53.4 Å². The van der Waals surface area contributed by atoms with Gasteiger partial charge >= 0.3 is 0 Å². The Morgan fingerprint density at radius 1 is 0.974 bits per heavy atom. The highest BCUT2D eigenvalue weighted by Crippen LogP contribution is 2.26. The summed E-state index contributed by atoms with van der Waals surface area (Å²) < 4.78 is 59.7. The summed E-state index contributed by atoms with van der Waals surface area (Å²) in [6.07, 6.45) is 1.24. The van der Waals surface area contributed by atoms with Crippen LogP contribution >= 0.6 is 23.2 Å². The van der Waals surface area contributed by atoms with Gasteiger partial charge in [-0.25, -0.2) is 16.8 Å². The first kappa shape index (κ1) is 31.8. The van der Waals surface area contributed by atoms with Crippen molar-refractivity contribution in [2.24, 2.45) is 0 Å². The van der Waals surface area contributed by atoms with Crippen LogP contribution in [0.5, 0.6) is 0 Å². The van der Waals surface area contributed by atoms with Gasteiger partial charge in [-0.2, -0.15) is 8.61 Å². The average Bonchev–Trinajstić information content (AvgIpc) is 2.90. The van der Waals surface area contributed by atoms with Crippen LogP contribution in [0.4, 0.5) is 0 Å². The summed E-state index contributed by atoms with van der Waals surface area (Å²) in [6.45, 7) is 2.38. The minimum absolute atomic E-state index is 0.0666. The molecule has 0 radical (unpaired) electrons. The van der Waals surface area contributed by atoms with Crippen molar-refractivity contribution in [2.45, 2.75) is 43.7 Å². The zero-order valence-electron chi connectivity index (χ0n) is 22.1. The van der Waals surface area contributed by atoms with Crippen LogP contribution in [-0.2, 0) is 36.1 Å². The molecule has 9 nitrogen and oxygen atoms in total. The van der Waals surface area contributed by atoms with E-state index in [2.05, 4.69) is 0 Å². The number of nitrogens with zero attached hydrogens (tertiary/aromatic N) is 3. The summed E-state index contributed by atoms with van der Waals surface area (Å²) >= 11 is 12.0. The standard InChI is InChI=1S/C26H35Cl2N3O6S2/c1-3-18-38(33,34)30(16-17-37-2)20-26(32)31(19-21-4-6-22(27)7-5-21)24-12-14-29(15-13-24)39(35,36)25-10-8-23(28)9-11-25/h4-11,24H,3,12-20H2,1-2H3. The highest BCUT2D eigenvalue weighted by molar-refractivity contribution is 7.89. The first-order valence-electron chi connectivity index (χ1n) is 12.7. The van der Waals surface area contributed by atoms with Crippen molar-refractivity contribution in [3.8, 4) is 0 Å². The fraction of sp³-hybridized carbons (Fsp3) is 0.500. The maximum Gasteiger partial charge on any atom is 0.243 e. The van der Waals surface area contributed by atoms with E-state index < -0.39 is 20.0 Å². The van der Waals surface area contributed by atoms with Gasteiger partial charge in [0.1, 0.15) is 0 Å². The lowest BCUT2D eigenvalue weighted by Gasteiger charge is -2.39. The molecular weight excluding hydrogens is 585 g/mol. The molecule has 216 valence electrons.